The van der Waals surface area contributed by atoms with Gasteiger partial charge in [-0.1, -0.05) is 6.92 Å². The van der Waals surface area contributed by atoms with Crippen LogP contribution in [0.5, 0.6) is 0 Å². The van der Waals surface area contributed by atoms with E-state index in [1.807, 2.05) is 0 Å². The SMILES string of the molecule is C#CCC(CC)NS(=O)(=O)c1cc(N)c(Br)cc1F. The quantitative estimate of drug-likeness (QED) is 0.633. The molecule has 7 heteroatoms. The molecule has 104 valence electrons. The maximum Gasteiger partial charge on any atom is 0.243 e. The Labute approximate surface area is 120 Å². The molecule has 0 saturated heterocycles. The molecule has 0 radical (unpaired) electrons. The lowest BCUT2D eigenvalue weighted by molar-refractivity contribution is 0.531. The zero-order valence-corrected chi connectivity index (χ0v) is 12.7. The molecule has 1 atom stereocenters. The number of hydrogen-bond acceptors (Lipinski definition) is 3. The first-order chi connectivity index (χ1) is 8.81. The molecule has 0 spiro atoms. The van der Waals surface area contributed by atoms with Crippen LogP contribution in [0.3, 0.4) is 0 Å². The summed E-state index contributed by atoms with van der Waals surface area (Å²) in [6.45, 7) is 1.79. The van der Waals surface area contributed by atoms with Gasteiger partial charge >= 0.3 is 0 Å². The number of nitrogens with one attached hydrogen (secondary N) is 1. The van der Waals surface area contributed by atoms with Crippen molar-refractivity contribution in [2.24, 2.45) is 0 Å². The Hall–Kier alpha value is -1.10. The van der Waals surface area contributed by atoms with Gasteiger partial charge in [0, 0.05) is 22.6 Å². The highest BCUT2D eigenvalue weighted by Crippen LogP contribution is 2.26. The predicted octanol–water partition coefficient (Wildman–Crippen LogP) is 2.25. The third kappa shape index (κ3) is 3.93. The van der Waals surface area contributed by atoms with Crippen LogP contribution >= 0.6 is 15.9 Å². The summed E-state index contributed by atoms with van der Waals surface area (Å²) < 4.78 is 40.5. The standard InChI is InChI=1S/C12H14BrFN2O2S/c1-3-5-8(4-2)16-19(17,18)12-7-11(15)9(13)6-10(12)14/h1,6-8,16H,4-5,15H2,2H3. The monoisotopic (exact) mass is 348 g/mol. The molecule has 1 aromatic rings. The van der Waals surface area contributed by atoms with Gasteiger partial charge in [-0.25, -0.2) is 17.5 Å². The fraction of sp³-hybridized carbons (Fsp3) is 0.333. The zero-order chi connectivity index (χ0) is 14.6. The highest BCUT2D eigenvalue weighted by Gasteiger charge is 2.23. The summed E-state index contributed by atoms with van der Waals surface area (Å²) in [5.74, 6) is 1.50. The number of nitrogens with two attached hydrogens (primary N) is 1. The molecule has 4 nitrogen and oxygen atoms in total. The van der Waals surface area contributed by atoms with Gasteiger partial charge in [-0.05, 0) is 34.5 Å². The average molecular weight is 349 g/mol. The lowest BCUT2D eigenvalue weighted by atomic mass is 10.2. The minimum absolute atomic E-state index is 0.145. The van der Waals surface area contributed by atoms with Crippen molar-refractivity contribution in [3.05, 3.63) is 22.4 Å². The third-order valence-corrected chi connectivity index (χ3v) is 4.74. The van der Waals surface area contributed by atoms with Crippen LogP contribution in [0, 0.1) is 18.2 Å². The van der Waals surface area contributed by atoms with E-state index in [4.69, 9.17) is 12.2 Å². The first-order valence-electron chi connectivity index (χ1n) is 5.52. The van der Waals surface area contributed by atoms with E-state index in [0.717, 1.165) is 12.1 Å². The number of terminal acetylenes is 1. The average Bonchev–Trinajstić information content (AvgIpc) is 2.32. The Bertz CT molecular complexity index is 611. The molecule has 0 aliphatic carbocycles. The van der Waals surface area contributed by atoms with Crippen LogP contribution in [0.15, 0.2) is 21.5 Å². The van der Waals surface area contributed by atoms with E-state index in [0.29, 0.717) is 10.9 Å². The molecule has 1 unspecified atom stereocenters. The van der Waals surface area contributed by atoms with Crippen molar-refractivity contribution in [1.29, 1.82) is 0 Å². The third-order valence-electron chi connectivity index (χ3n) is 2.52. The molecule has 0 bridgehead atoms. The topological polar surface area (TPSA) is 72.2 Å². The number of sulfonamides is 1. The van der Waals surface area contributed by atoms with Crippen molar-refractivity contribution in [2.75, 3.05) is 5.73 Å². The number of halogens is 2. The second-order valence-corrected chi connectivity index (χ2v) is 6.48. The summed E-state index contributed by atoms with van der Waals surface area (Å²) in [6, 6.07) is 1.66. The lowest BCUT2D eigenvalue weighted by Gasteiger charge is -2.15. The molecular weight excluding hydrogens is 335 g/mol. The van der Waals surface area contributed by atoms with Crippen molar-refractivity contribution in [3.8, 4) is 12.3 Å². The zero-order valence-electron chi connectivity index (χ0n) is 10.3. The number of rotatable bonds is 5. The highest BCUT2D eigenvalue weighted by molar-refractivity contribution is 9.10. The summed E-state index contributed by atoms with van der Waals surface area (Å²) in [4.78, 5) is -0.483. The summed E-state index contributed by atoms with van der Waals surface area (Å²) in [5, 5.41) is 0. The molecule has 19 heavy (non-hydrogen) atoms. The van der Waals surface area contributed by atoms with Gasteiger partial charge in [0.2, 0.25) is 10.0 Å². The summed E-state index contributed by atoms with van der Waals surface area (Å²) in [5.41, 5.74) is 5.72. The fourth-order valence-corrected chi connectivity index (χ4v) is 3.17. The fourth-order valence-electron chi connectivity index (χ4n) is 1.45. The second-order valence-electron chi connectivity index (χ2n) is 3.94. The van der Waals surface area contributed by atoms with Crippen LogP contribution in [-0.4, -0.2) is 14.5 Å². The van der Waals surface area contributed by atoms with Crippen LogP contribution in [-0.2, 0) is 10.0 Å². The summed E-state index contributed by atoms with van der Waals surface area (Å²) in [6.07, 6.45) is 5.90. The maximum atomic E-state index is 13.7. The van der Waals surface area contributed by atoms with Gasteiger partial charge < -0.3 is 5.73 Å². The minimum Gasteiger partial charge on any atom is -0.398 e. The van der Waals surface area contributed by atoms with Crippen molar-refractivity contribution in [2.45, 2.75) is 30.7 Å². The second kappa shape index (κ2) is 6.37. The van der Waals surface area contributed by atoms with E-state index in [9.17, 15) is 12.8 Å². The molecular formula is C12H14BrFN2O2S. The van der Waals surface area contributed by atoms with Crippen molar-refractivity contribution >= 4 is 31.6 Å². The van der Waals surface area contributed by atoms with E-state index in [1.165, 1.54) is 0 Å². The maximum absolute atomic E-state index is 13.7. The normalized spacial score (nSPS) is 12.9. The van der Waals surface area contributed by atoms with Gasteiger partial charge in [-0.3, -0.25) is 0 Å². The number of hydrogen-bond donors (Lipinski definition) is 2. The van der Waals surface area contributed by atoms with E-state index in [-0.39, 0.29) is 12.1 Å². The van der Waals surface area contributed by atoms with Crippen molar-refractivity contribution in [1.82, 2.24) is 4.72 Å². The molecule has 0 aliphatic heterocycles. The molecule has 0 aromatic heterocycles. The van der Waals surface area contributed by atoms with Gasteiger partial charge in [0.15, 0.2) is 0 Å². The molecule has 0 aliphatic rings. The number of benzene rings is 1. The molecule has 1 rings (SSSR count). The van der Waals surface area contributed by atoms with Crippen molar-refractivity contribution < 1.29 is 12.8 Å². The smallest absolute Gasteiger partial charge is 0.243 e. The first kappa shape index (κ1) is 16.0. The molecule has 0 heterocycles. The van der Waals surface area contributed by atoms with Gasteiger partial charge in [0.25, 0.3) is 0 Å². The van der Waals surface area contributed by atoms with Gasteiger partial charge in [0.1, 0.15) is 10.7 Å². The Morgan fingerprint density at radius 2 is 2.21 bits per heavy atom. The Morgan fingerprint density at radius 1 is 1.58 bits per heavy atom. The van der Waals surface area contributed by atoms with Gasteiger partial charge in [0.05, 0.1) is 0 Å². The molecule has 3 N–H and O–H groups in total. The Balaban J connectivity index is 3.14. The number of nitrogen functional groups attached to an aromatic ring is 1. The minimum atomic E-state index is -3.99. The van der Waals surface area contributed by atoms with Crippen LogP contribution in [0.25, 0.3) is 0 Å². The first-order valence-corrected chi connectivity index (χ1v) is 7.79. The summed E-state index contributed by atoms with van der Waals surface area (Å²) >= 11 is 3.03. The van der Waals surface area contributed by atoms with Crippen molar-refractivity contribution in [3.63, 3.8) is 0 Å². The molecule has 1 aromatic carbocycles. The summed E-state index contributed by atoms with van der Waals surface area (Å²) in [7, 11) is -3.99. The van der Waals surface area contributed by atoms with E-state index >= 15 is 0 Å². The number of anilines is 1. The van der Waals surface area contributed by atoms with Crippen LogP contribution < -0.4 is 10.5 Å². The Morgan fingerprint density at radius 3 is 2.74 bits per heavy atom. The van der Waals surface area contributed by atoms with E-state index < -0.39 is 26.8 Å². The molecule has 0 amide bonds. The molecule has 0 saturated carbocycles. The predicted molar refractivity (Wildman–Crippen MR) is 76.4 cm³/mol. The Kier molecular flexibility index (Phi) is 5.35. The highest BCUT2D eigenvalue weighted by atomic mass is 79.9. The van der Waals surface area contributed by atoms with E-state index in [2.05, 4.69) is 26.6 Å². The largest absolute Gasteiger partial charge is 0.398 e. The molecule has 0 fully saturated rings. The van der Waals surface area contributed by atoms with Crippen LogP contribution in [0.1, 0.15) is 19.8 Å². The van der Waals surface area contributed by atoms with Crippen LogP contribution in [0.4, 0.5) is 10.1 Å². The lowest BCUT2D eigenvalue weighted by Crippen LogP contribution is -2.34. The van der Waals surface area contributed by atoms with Crippen LogP contribution in [0.2, 0.25) is 0 Å². The van der Waals surface area contributed by atoms with Gasteiger partial charge in [-0.15, -0.1) is 12.3 Å². The van der Waals surface area contributed by atoms with E-state index in [1.54, 1.807) is 6.92 Å². The van der Waals surface area contributed by atoms with Gasteiger partial charge in [-0.2, -0.15) is 0 Å².